The van der Waals surface area contributed by atoms with Crippen LogP contribution in [0.4, 0.5) is 13.2 Å². The van der Waals surface area contributed by atoms with Crippen molar-refractivity contribution in [3.63, 3.8) is 0 Å². The number of hydrogen-bond acceptors (Lipinski definition) is 6. The Morgan fingerprint density at radius 3 is 2.62 bits per heavy atom. The van der Waals surface area contributed by atoms with Crippen molar-refractivity contribution in [2.75, 3.05) is 6.61 Å². The highest BCUT2D eigenvalue weighted by Gasteiger charge is 2.30. The van der Waals surface area contributed by atoms with E-state index in [1.54, 1.807) is 6.92 Å². The van der Waals surface area contributed by atoms with Crippen LogP contribution < -0.4 is 10.1 Å². The summed E-state index contributed by atoms with van der Waals surface area (Å²) in [6.07, 6.45) is -1.23. The van der Waals surface area contributed by atoms with Crippen LogP contribution in [0.15, 0.2) is 24.4 Å². The average Bonchev–Trinajstić information content (AvgIpc) is 3.49. The summed E-state index contributed by atoms with van der Waals surface area (Å²) in [6.45, 7) is 0.395. The molecule has 0 unspecified atom stereocenters. The maximum absolute atomic E-state index is 12.4. The number of rotatable bonds is 8. The molecule has 0 saturated heterocycles. The first-order chi connectivity index (χ1) is 13.7. The molecule has 1 N–H and O–H groups in total. The van der Waals surface area contributed by atoms with Crippen molar-refractivity contribution >= 4 is 11.7 Å². The maximum Gasteiger partial charge on any atom is 0.422 e. The molecule has 3 rings (SSSR count). The van der Waals surface area contributed by atoms with Crippen molar-refractivity contribution in [1.29, 1.82) is 0 Å². The van der Waals surface area contributed by atoms with E-state index in [9.17, 15) is 22.8 Å². The number of aromatic nitrogens is 3. The third-order valence-electron chi connectivity index (χ3n) is 4.13. The fourth-order valence-electron chi connectivity index (χ4n) is 2.56. The highest BCUT2D eigenvalue weighted by Crippen LogP contribution is 2.30. The summed E-state index contributed by atoms with van der Waals surface area (Å²) in [6, 6.07) is 4.32. The van der Waals surface area contributed by atoms with Crippen LogP contribution in [-0.2, 0) is 17.8 Å². The van der Waals surface area contributed by atoms with E-state index in [-0.39, 0.29) is 36.2 Å². The quantitative estimate of drug-likeness (QED) is 0.722. The van der Waals surface area contributed by atoms with Crippen LogP contribution in [-0.4, -0.2) is 39.4 Å². The zero-order valence-electron chi connectivity index (χ0n) is 15.6. The molecule has 1 saturated carbocycles. The third-order valence-corrected chi connectivity index (χ3v) is 4.13. The van der Waals surface area contributed by atoms with E-state index < -0.39 is 18.7 Å². The molecule has 10 heteroatoms. The van der Waals surface area contributed by atoms with Crippen LogP contribution >= 0.6 is 0 Å². The standard InChI is InChI=1S/C19H19F3N4O3/c1-11-6-14(26-16(25-11)7-15(27)13-3-4-13)18(28)24-9-12-2-5-17(23-8-12)29-10-19(20,21)22/h2,5-6,8,13H,3-4,7,9-10H2,1H3,(H,24,28). The Morgan fingerprint density at radius 2 is 2.00 bits per heavy atom. The number of aryl methyl sites for hydroxylation is 1. The van der Waals surface area contributed by atoms with E-state index in [1.165, 1.54) is 24.4 Å². The summed E-state index contributed by atoms with van der Waals surface area (Å²) in [4.78, 5) is 36.5. The SMILES string of the molecule is Cc1cc(C(=O)NCc2ccc(OCC(F)(F)F)nc2)nc(CC(=O)C2CC2)n1. The van der Waals surface area contributed by atoms with Crippen LogP contribution in [0.5, 0.6) is 5.88 Å². The number of pyridine rings is 1. The lowest BCUT2D eigenvalue weighted by atomic mass is 10.2. The molecule has 7 nitrogen and oxygen atoms in total. The number of carbonyl (C=O) groups is 2. The highest BCUT2D eigenvalue weighted by atomic mass is 19.4. The second-order valence-corrected chi connectivity index (χ2v) is 6.82. The first kappa shape index (κ1) is 20.7. The highest BCUT2D eigenvalue weighted by molar-refractivity contribution is 5.92. The molecular formula is C19H19F3N4O3. The van der Waals surface area contributed by atoms with Gasteiger partial charge in [-0.3, -0.25) is 9.59 Å². The maximum atomic E-state index is 12.4. The van der Waals surface area contributed by atoms with Crippen molar-refractivity contribution in [2.24, 2.45) is 5.92 Å². The second kappa shape index (κ2) is 8.54. The molecule has 29 heavy (non-hydrogen) atoms. The first-order valence-electron chi connectivity index (χ1n) is 8.99. The smallest absolute Gasteiger partial charge is 0.422 e. The molecule has 0 aromatic carbocycles. The topological polar surface area (TPSA) is 94.1 Å². The van der Waals surface area contributed by atoms with Gasteiger partial charge in [0.2, 0.25) is 5.88 Å². The molecule has 0 aliphatic heterocycles. The minimum absolute atomic E-state index is 0.0841. The molecule has 0 spiro atoms. The van der Waals surface area contributed by atoms with Crippen molar-refractivity contribution in [3.05, 3.63) is 47.2 Å². The minimum Gasteiger partial charge on any atom is -0.468 e. The number of nitrogens with zero attached hydrogens (tertiary/aromatic N) is 3. The van der Waals surface area contributed by atoms with Crippen molar-refractivity contribution in [2.45, 2.75) is 38.9 Å². The lowest BCUT2D eigenvalue weighted by Crippen LogP contribution is -2.25. The molecule has 1 aliphatic rings. The van der Waals surface area contributed by atoms with Crippen LogP contribution in [0.3, 0.4) is 0 Å². The molecule has 1 amide bonds. The van der Waals surface area contributed by atoms with Crippen molar-refractivity contribution < 1.29 is 27.5 Å². The number of nitrogens with one attached hydrogen (secondary N) is 1. The van der Waals surface area contributed by atoms with E-state index in [0.29, 0.717) is 17.1 Å². The van der Waals surface area contributed by atoms with Gasteiger partial charge in [-0.25, -0.2) is 15.0 Å². The summed E-state index contributed by atoms with van der Waals surface area (Å²) in [7, 11) is 0. The largest absolute Gasteiger partial charge is 0.468 e. The van der Waals surface area contributed by atoms with E-state index >= 15 is 0 Å². The molecule has 2 heterocycles. The predicted octanol–water partition coefficient (Wildman–Crippen LogP) is 2.57. The van der Waals surface area contributed by atoms with Gasteiger partial charge in [0.05, 0.1) is 6.42 Å². The fraction of sp³-hybridized carbons (Fsp3) is 0.421. The normalized spacial score (nSPS) is 13.8. The van der Waals surface area contributed by atoms with E-state index in [2.05, 4.69) is 25.0 Å². The molecule has 2 aromatic rings. The zero-order valence-corrected chi connectivity index (χ0v) is 15.6. The van der Waals surface area contributed by atoms with E-state index in [4.69, 9.17) is 0 Å². The fourth-order valence-corrected chi connectivity index (χ4v) is 2.56. The van der Waals surface area contributed by atoms with Gasteiger partial charge in [-0.2, -0.15) is 13.2 Å². The average molecular weight is 408 g/mol. The van der Waals surface area contributed by atoms with Crippen molar-refractivity contribution in [3.8, 4) is 5.88 Å². The number of Topliss-reactive ketones (excluding diaryl/α,β-unsaturated/α-hetero) is 1. The molecule has 0 radical (unpaired) electrons. The summed E-state index contributed by atoms with van der Waals surface area (Å²) in [5.74, 6) is -0.116. The summed E-state index contributed by atoms with van der Waals surface area (Å²) >= 11 is 0. The number of halogens is 3. The van der Waals surface area contributed by atoms with Gasteiger partial charge in [-0.15, -0.1) is 0 Å². The van der Waals surface area contributed by atoms with Crippen LogP contribution in [0.1, 0.15) is 40.4 Å². The summed E-state index contributed by atoms with van der Waals surface area (Å²) in [5, 5.41) is 2.66. The Kier molecular flexibility index (Phi) is 6.09. The molecule has 1 aliphatic carbocycles. The molecule has 0 atom stereocenters. The Hall–Kier alpha value is -3.04. The van der Waals surface area contributed by atoms with Crippen molar-refractivity contribution in [1.82, 2.24) is 20.3 Å². The summed E-state index contributed by atoms with van der Waals surface area (Å²) in [5.41, 5.74) is 1.30. The lowest BCUT2D eigenvalue weighted by Gasteiger charge is -2.09. The van der Waals surface area contributed by atoms with Gasteiger partial charge in [-0.05, 0) is 31.4 Å². The van der Waals surface area contributed by atoms with E-state index in [0.717, 1.165) is 12.8 Å². The second-order valence-electron chi connectivity index (χ2n) is 6.82. The Morgan fingerprint density at radius 1 is 1.24 bits per heavy atom. The molecule has 1 fully saturated rings. The number of hydrogen-bond donors (Lipinski definition) is 1. The monoisotopic (exact) mass is 408 g/mol. The lowest BCUT2D eigenvalue weighted by molar-refractivity contribution is -0.154. The minimum atomic E-state index is -4.44. The van der Waals surface area contributed by atoms with Gasteiger partial charge in [0.15, 0.2) is 6.61 Å². The molecule has 2 aromatic heterocycles. The Balaban J connectivity index is 1.56. The van der Waals surface area contributed by atoms with Gasteiger partial charge in [-0.1, -0.05) is 6.07 Å². The summed E-state index contributed by atoms with van der Waals surface area (Å²) < 4.78 is 40.9. The molecule has 154 valence electrons. The third kappa shape index (κ3) is 6.51. The number of amides is 1. The van der Waals surface area contributed by atoms with Gasteiger partial charge in [0.25, 0.3) is 5.91 Å². The number of ether oxygens (including phenoxy) is 1. The van der Waals surface area contributed by atoms with Crippen LogP contribution in [0.25, 0.3) is 0 Å². The Labute approximate surface area is 164 Å². The Bertz CT molecular complexity index is 897. The van der Waals surface area contributed by atoms with Gasteiger partial charge < -0.3 is 10.1 Å². The van der Waals surface area contributed by atoms with Gasteiger partial charge in [0.1, 0.15) is 17.3 Å². The number of ketones is 1. The first-order valence-corrected chi connectivity index (χ1v) is 8.99. The molecular weight excluding hydrogens is 389 g/mol. The zero-order chi connectivity index (χ0) is 21.0. The predicted molar refractivity (Wildman–Crippen MR) is 95.2 cm³/mol. The number of alkyl halides is 3. The van der Waals surface area contributed by atoms with Crippen LogP contribution in [0.2, 0.25) is 0 Å². The molecule has 0 bridgehead atoms. The van der Waals surface area contributed by atoms with Gasteiger partial charge in [0, 0.05) is 30.4 Å². The van der Waals surface area contributed by atoms with Gasteiger partial charge >= 0.3 is 6.18 Å². The van der Waals surface area contributed by atoms with E-state index in [1.807, 2.05) is 0 Å². The number of carbonyl (C=O) groups excluding carboxylic acids is 2. The van der Waals surface area contributed by atoms with Crippen LogP contribution in [0, 0.1) is 12.8 Å².